The summed E-state index contributed by atoms with van der Waals surface area (Å²) in [7, 11) is 3.24. The molecule has 0 unspecified atom stereocenters. The molecule has 0 radical (unpaired) electrons. The molecule has 1 aliphatic rings. The Bertz CT molecular complexity index is 1010. The van der Waals surface area contributed by atoms with Crippen molar-refractivity contribution in [3.63, 3.8) is 0 Å². The van der Waals surface area contributed by atoms with E-state index in [1.54, 1.807) is 14.2 Å². The first-order valence-electron chi connectivity index (χ1n) is 10.0. The van der Waals surface area contributed by atoms with E-state index in [4.69, 9.17) is 9.47 Å². The summed E-state index contributed by atoms with van der Waals surface area (Å²) in [6, 6.07) is 14.0. The van der Waals surface area contributed by atoms with Crippen LogP contribution in [0.1, 0.15) is 35.7 Å². The van der Waals surface area contributed by atoms with Crippen LogP contribution in [0.15, 0.2) is 42.5 Å². The van der Waals surface area contributed by atoms with E-state index in [1.165, 1.54) is 10.9 Å². The lowest BCUT2D eigenvalue weighted by Crippen LogP contribution is -2.40. The largest absolute Gasteiger partial charge is 0.493 e. The van der Waals surface area contributed by atoms with Gasteiger partial charge in [-0.3, -0.25) is 0 Å². The van der Waals surface area contributed by atoms with Crippen LogP contribution in [0.2, 0.25) is 0 Å². The molecule has 1 atom stereocenters. The Morgan fingerprint density at radius 1 is 1.14 bits per heavy atom. The maximum atomic E-state index is 12.5. The Labute approximate surface area is 170 Å². The number of ether oxygens (including phenoxy) is 2. The number of aromatic nitrogens is 1. The van der Waals surface area contributed by atoms with E-state index in [9.17, 15) is 4.79 Å². The molecular formula is C23H27N3O3. The Morgan fingerprint density at radius 2 is 1.97 bits per heavy atom. The van der Waals surface area contributed by atoms with Crippen LogP contribution in [0.25, 0.3) is 10.9 Å². The number of carbonyl (C=O) groups excluding carboxylic acids is 1. The van der Waals surface area contributed by atoms with Crippen molar-refractivity contribution < 1.29 is 14.3 Å². The lowest BCUT2D eigenvalue weighted by molar-refractivity contribution is 0.235. The van der Waals surface area contributed by atoms with Crippen molar-refractivity contribution >= 4 is 16.9 Å². The number of nitrogens with one attached hydrogen (secondary N) is 3. The highest BCUT2D eigenvalue weighted by atomic mass is 16.5. The van der Waals surface area contributed by atoms with E-state index >= 15 is 0 Å². The number of aromatic amines is 1. The molecule has 0 fully saturated rings. The van der Waals surface area contributed by atoms with Crippen LogP contribution in [0.4, 0.5) is 4.79 Å². The van der Waals surface area contributed by atoms with Crippen LogP contribution >= 0.6 is 0 Å². The minimum atomic E-state index is -0.137. The molecule has 1 aliphatic carbocycles. The van der Waals surface area contributed by atoms with Crippen LogP contribution in [-0.4, -0.2) is 31.8 Å². The lowest BCUT2D eigenvalue weighted by atomic mass is 9.92. The number of fused-ring (bicyclic) bond motifs is 3. The number of aryl methyl sites for hydroxylation is 1. The molecule has 0 aliphatic heterocycles. The Hall–Kier alpha value is -3.15. The first kappa shape index (κ1) is 19.2. The van der Waals surface area contributed by atoms with E-state index in [-0.39, 0.29) is 12.1 Å². The fraction of sp³-hybridized carbons (Fsp3) is 0.348. The minimum Gasteiger partial charge on any atom is -0.493 e. The minimum absolute atomic E-state index is 0.0206. The first-order chi connectivity index (χ1) is 14.2. The molecule has 0 saturated carbocycles. The zero-order valence-corrected chi connectivity index (χ0v) is 16.9. The van der Waals surface area contributed by atoms with Gasteiger partial charge in [0.2, 0.25) is 0 Å². The summed E-state index contributed by atoms with van der Waals surface area (Å²) < 4.78 is 10.6. The van der Waals surface area contributed by atoms with Crippen molar-refractivity contribution in [2.24, 2.45) is 0 Å². The SMILES string of the molecule is COc1ccc(CCNC(=O)N[C@H]2CCCc3c2[nH]c2ccccc32)cc1OC. The molecule has 2 aromatic carbocycles. The number of hydrogen-bond donors (Lipinski definition) is 3. The molecule has 0 saturated heterocycles. The van der Waals surface area contributed by atoms with Gasteiger partial charge in [-0.15, -0.1) is 0 Å². The number of methoxy groups -OCH3 is 2. The Kier molecular flexibility index (Phi) is 5.60. The van der Waals surface area contributed by atoms with Gasteiger partial charge in [-0.2, -0.15) is 0 Å². The highest BCUT2D eigenvalue weighted by Crippen LogP contribution is 2.34. The van der Waals surface area contributed by atoms with Crippen molar-refractivity contribution in [3.8, 4) is 11.5 Å². The summed E-state index contributed by atoms with van der Waals surface area (Å²) in [5, 5.41) is 7.38. The molecule has 0 spiro atoms. The van der Waals surface area contributed by atoms with Gasteiger partial charge in [0.1, 0.15) is 0 Å². The second-order valence-electron chi connectivity index (χ2n) is 7.35. The number of H-pyrrole nitrogens is 1. The van der Waals surface area contributed by atoms with Crippen LogP contribution in [0.5, 0.6) is 11.5 Å². The van der Waals surface area contributed by atoms with E-state index in [0.717, 1.165) is 42.5 Å². The predicted octanol–water partition coefficient (Wildman–Crippen LogP) is 4.10. The fourth-order valence-corrected chi connectivity index (χ4v) is 4.13. The van der Waals surface area contributed by atoms with Gasteiger partial charge in [0.15, 0.2) is 11.5 Å². The smallest absolute Gasteiger partial charge is 0.315 e. The second kappa shape index (κ2) is 8.47. The predicted molar refractivity (Wildman–Crippen MR) is 114 cm³/mol. The molecule has 6 nitrogen and oxygen atoms in total. The molecule has 4 rings (SSSR count). The zero-order valence-electron chi connectivity index (χ0n) is 16.9. The molecular weight excluding hydrogens is 366 g/mol. The Morgan fingerprint density at radius 3 is 2.79 bits per heavy atom. The molecule has 3 aromatic rings. The van der Waals surface area contributed by atoms with Crippen LogP contribution < -0.4 is 20.1 Å². The molecule has 29 heavy (non-hydrogen) atoms. The third-order valence-corrected chi connectivity index (χ3v) is 5.57. The highest BCUT2D eigenvalue weighted by molar-refractivity contribution is 5.85. The number of rotatable bonds is 6. The Balaban J connectivity index is 1.35. The number of hydrogen-bond acceptors (Lipinski definition) is 3. The number of carbonyl (C=O) groups is 1. The highest BCUT2D eigenvalue weighted by Gasteiger charge is 2.25. The van der Waals surface area contributed by atoms with E-state index in [1.807, 2.05) is 24.3 Å². The number of amides is 2. The van der Waals surface area contributed by atoms with Gasteiger partial charge in [0, 0.05) is 23.1 Å². The molecule has 0 bridgehead atoms. The number of benzene rings is 2. The summed E-state index contributed by atoms with van der Waals surface area (Å²) in [5.41, 5.74) is 4.70. The monoisotopic (exact) mass is 393 g/mol. The summed E-state index contributed by atoms with van der Waals surface area (Å²) in [6.45, 7) is 0.549. The molecule has 1 aromatic heterocycles. The van der Waals surface area contributed by atoms with Gasteiger partial charge in [-0.1, -0.05) is 24.3 Å². The topological polar surface area (TPSA) is 75.4 Å². The van der Waals surface area contributed by atoms with Gasteiger partial charge >= 0.3 is 6.03 Å². The number of para-hydroxylation sites is 1. The summed E-state index contributed by atoms with van der Waals surface area (Å²) in [6.07, 6.45) is 3.79. The van der Waals surface area contributed by atoms with E-state index < -0.39 is 0 Å². The maximum absolute atomic E-state index is 12.5. The van der Waals surface area contributed by atoms with Gasteiger partial charge in [-0.25, -0.2) is 4.79 Å². The summed E-state index contributed by atoms with van der Waals surface area (Å²) in [5.74, 6) is 1.40. The van der Waals surface area contributed by atoms with Crippen molar-refractivity contribution in [2.45, 2.75) is 31.7 Å². The van der Waals surface area contributed by atoms with Crippen LogP contribution in [-0.2, 0) is 12.8 Å². The normalized spacial score (nSPS) is 15.6. The molecule has 3 N–H and O–H groups in total. The maximum Gasteiger partial charge on any atom is 0.315 e. The van der Waals surface area contributed by atoms with Gasteiger partial charge in [0.05, 0.1) is 20.3 Å². The van der Waals surface area contributed by atoms with Crippen molar-refractivity contribution in [1.82, 2.24) is 15.6 Å². The van der Waals surface area contributed by atoms with E-state index in [2.05, 4.69) is 33.8 Å². The quantitative estimate of drug-likeness (QED) is 0.590. The van der Waals surface area contributed by atoms with Crippen molar-refractivity contribution in [1.29, 1.82) is 0 Å². The van der Waals surface area contributed by atoms with Crippen molar-refractivity contribution in [2.75, 3.05) is 20.8 Å². The average molecular weight is 393 g/mol. The molecule has 1 heterocycles. The van der Waals surface area contributed by atoms with Crippen LogP contribution in [0, 0.1) is 0 Å². The van der Waals surface area contributed by atoms with Gasteiger partial charge < -0.3 is 25.1 Å². The lowest BCUT2D eigenvalue weighted by Gasteiger charge is -2.24. The van der Waals surface area contributed by atoms with Crippen molar-refractivity contribution in [3.05, 3.63) is 59.3 Å². The summed E-state index contributed by atoms with van der Waals surface area (Å²) >= 11 is 0. The standard InChI is InChI=1S/C23H27N3O3/c1-28-20-11-10-15(14-21(20)29-2)12-13-24-23(27)26-19-9-5-7-17-16-6-3-4-8-18(16)25-22(17)19/h3-4,6,8,10-11,14,19,25H,5,7,9,12-13H2,1-2H3,(H2,24,26,27)/t19-/m0/s1. The first-order valence-corrected chi connectivity index (χ1v) is 10.0. The van der Waals surface area contributed by atoms with Gasteiger partial charge in [0.25, 0.3) is 0 Å². The van der Waals surface area contributed by atoms with E-state index in [0.29, 0.717) is 18.0 Å². The number of urea groups is 1. The zero-order chi connectivity index (χ0) is 20.2. The third kappa shape index (κ3) is 4.01. The molecule has 6 heteroatoms. The van der Waals surface area contributed by atoms with Gasteiger partial charge in [-0.05, 0) is 55.0 Å². The van der Waals surface area contributed by atoms with Crippen LogP contribution in [0.3, 0.4) is 0 Å². The second-order valence-corrected chi connectivity index (χ2v) is 7.35. The summed E-state index contributed by atoms with van der Waals surface area (Å²) in [4.78, 5) is 16.0. The third-order valence-electron chi connectivity index (χ3n) is 5.57. The molecule has 152 valence electrons. The fourth-order valence-electron chi connectivity index (χ4n) is 4.13. The average Bonchev–Trinajstić information content (AvgIpc) is 3.13. The molecule has 2 amide bonds.